The van der Waals surface area contributed by atoms with E-state index in [-0.39, 0.29) is 27.1 Å². The summed E-state index contributed by atoms with van der Waals surface area (Å²) in [6.45, 7) is 0. The van der Waals surface area contributed by atoms with Crippen molar-refractivity contribution in [1.82, 2.24) is 19.8 Å². The molecule has 3 aromatic rings. The molecule has 2 aromatic carbocycles. The fourth-order valence-electron chi connectivity index (χ4n) is 2.27. The van der Waals surface area contributed by atoms with E-state index in [1.54, 1.807) is 6.07 Å². The maximum atomic E-state index is 12.6. The summed E-state index contributed by atoms with van der Waals surface area (Å²) >= 11 is 12.1. The van der Waals surface area contributed by atoms with Crippen LogP contribution in [0.15, 0.2) is 47.3 Å². The molecule has 0 aliphatic heterocycles. The van der Waals surface area contributed by atoms with Gasteiger partial charge in [-0.25, -0.2) is 9.59 Å². The van der Waals surface area contributed by atoms with Gasteiger partial charge < -0.3 is 0 Å². The maximum Gasteiger partial charge on any atom is 0.377 e. The molecule has 0 atom stereocenters. The molecule has 10 nitrogen and oxygen atoms in total. The molecule has 0 saturated heterocycles. The summed E-state index contributed by atoms with van der Waals surface area (Å²) in [6, 6.07) is 9.10. The number of tetrazole rings is 1. The fourth-order valence-corrected chi connectivity index (χ4v) is 2.82. The number of halogens is 2. The third-order valence-corrected chi connectivity index (χ3v) is 4.24. The van der Waals surface area contributed by atoms with Gasteiger partial charge in [0, 0.05) is 19.2 Å². The van der Waals surface area contributed by atoms with E-state index in [1.807, 2.05) is 0 Å². The van der Waals surface area contributed by atoms with Crippen LogP contribution in [-0.2, 0) is 0 Å². The van der Waals surface area contributed by atoms with E-state index in [2.05, 4.69) is 10.4 Å². The molecule has 0 aliphatic carbocycles. The minimum Gasteiger partial charge on any atom is -0.295 e. The number of hydrogen-bond acceptors (Lipinski definition) is 6. The maximum absolute atomic E-state index is 12.6. The number of nitro benzene ring substituents is 1. The topological polar surface area (TPSA) is 116 Å². The highest BCUT2D eigenvalue weighted by Crippen LogP contribution is 2.26. The Morgan fingerprint density at radius 2 is 1.78 bits per heavy atom. The highest BCUT2D eigenvalue weighted by atomic mass is 35.5. The first kappa shape index (κ1) is 18.5. The average molecular weight is 409 g/mol. The van der Waals surface area contributed by atoms with Crippen molar-refractivity contribution in [3.8, 4) is 5.69 Å². The van der Waals surface area contributed by atoms with Crippen LogP contribution in [0.5, 0.6) is 0 Å². The van der Waals surface area contributed by atoms with Gasteiger partial charge in [0.2, 0.25) is 0 Å². The molecule has 138 valence electrons. The minimum atomic E-state index is -0.896. The van der Waals surface area contributed by atoms with E-state index in [9.17, 15) is 19.7 Å². The van der Waals surface area contributed by atoms with Gasteiger partial charge in [0.25, 0.3) is 5.69 Å². The molecule has 0 N–H and O–H groups in total. The van der Waals surface area contributed by atoms with Crippen molar-refractivity contribution in [3.63, 3.8) is 0 Å². The van der Waals surface area contributed by atoms with E-state index in [0.29, 0.717) is 4.68 Å². The Kier molecular flexibility index (Phi) is 4.93. The van der Waals surface area contributed by atoms with Crippen LogP contribution < -0.4 is 10.6 Å². The molecule has 1 heterocycles. The van der Waals surface area contributed by atoms with Gasteiger partial charge in [0.15, 0.2) is 0 Å². The number of nitro groups is 1. The predicted molar refractivity (Wildman–Crippen MR) is 97.9 cm³/mol. The molecule has 0 radical (unpaired) electrons. The van der Waals surface area contributed by atoms with Gasteiger partial charge in [-0.05, 0) is 28.6 Å². The number of benzene rings is 2. The standard InChI is InChI=1S/C15H10Cl2N6O4/c1-20(9-4-2-5-10(8-9)23(26)27)14(24)22-15(25)21(18-19-22)13-11(16)6-3-7-12(13)17/h2-8H,1H3. The van der Waals surface area contributed by atoms with Crippen molar-refractivity contribution in [2.75, 3.05) is 11.9 Å². The lowest BCUT2D eigenvalue weighted by Crippen LogP contribution is -2.39. The van der Waals surface area contributed by atoms with Crippen molar-refractivity contribution >= 4 is 40.6 Å². The van der Waals surface area contributed by atoms with Gasteiger partial charge in [-0.1, -0.05) is 35.3 Å². The Morgan fingerprint density at radius 3 is 2.41 bits per heavy atom. The molecule has 0 unspecified atom stereocenters. The number of amides is 1. The SMILES string of the molecule is CN(C(=O)n1nnn(-c2c(Cl)cccc2Cl)c1=O)c1cccc([N+](=O)[O-])c1. The molecular weight excluding hydrogens is 399 g/mol. The number of nitrogens with zero attached hydrogens (tertiary/aromatic N) is 6. The van der Waals surface area contributed by atoms with Gasteiger partial charge in [0.05, 0.1) is 20.7 Å². The summed E-state index contributed by atoms with van der Waals surface area (Å²) in [5.74, 6) is 0. The normalized spacial score (nSPS) is 10.6. The highest BCUT2D eigenvalue weighted by molar-refractivity contribution is 6.37. The van der Waals surface area contributed by atoms with Crippen LogP contribution in [-0.4, -0.2) is 37.8 Å². The Morgan fingerprint density at radius 1 is 1.15 bits per heavy atom. The average Bonchev–Trinajstić information content (AvgIpc) is 3.02. The van der Waals surface area contributed by atoms with E-state index < -0.39 is 16.6 Å². The highest BCUT2D eigenvalue weighted by Gasteiger charge is 2.23. The number of carbonyl (C=O) groups is 1. The molecule has 1 amide bonds. The molecule has 3 rings (SSSR count). The first-order valence-electron chi connectivity index (χ1n) is 7.33. The van der Waals surface area contributed by atoms with Crippen molar-refractivity contribution in [1.29, 1.82) is 0 Å². The molecule has 0 aliphatic rings. The molecule has 0 fully saturated rings. The molecule has 1 aromatic heterocycles. The van der Waals surface area contributed by atoms with E-state index in [0.717, 1.165) is 9.58 Å². The minimum absolute atomic E-state index is 0.0860. The second-order valence-corrected chi connectivity index (χ2v) is 6.09. The van der Waals surface area contributed by atoms with Crippen molar-refractivity contribution < 1.29 is 9.72 Å². The number of para-hydroxylation sites is 1. The fraction of sp³-hybridized carbons (Fsp3) is 0.0667. The van der Waals surface area contributed by atoms with Crippen molar-refractivity contribution in [2.45, 2.75) is 0 Å². The van der Waals surface area contributed by atoms with Gasteiger partial charge >= 0.3 is 11.7 Å². The number of rotatable bonds is 3. The van der Waals surface area contributed by atoms with E-state index >= 15 is 0 Å². The first-order valence-corrected chi connectivity index (χ1v) is 8.09. The first-order chi connectivity index (χ1) is 12.8. The third-order valence-electron chi connectivity index (χ3n) is 3.63. The van der Waals surface area contributed by atoms with Crippen molar-refractivity contribution in [2.24, 2.45) is 0 Å². The van der Waals surface area contributed by atoms with Gasteiger partial charge in [0.1, 0.15) is 5.69 Å². The Labute approximate surface area is 161 Å². The molecular formula is C15H10Cl2N6O4. The Balaban J connectivity index is 2.00. The van der Waals surface area contributed by atoms with Crippen LogP contribution in [0, 0.1) is 10.1 Å². The summed E-state index contributed by atoms with van der Waals surface area (Å²) in [7, 11) is 1.34. The largest absolute Gasteiger partial charge is 0.377 e. The van der Waals surface area contributed by atoms with Gasteiger partial charge in [-0.2, -0.15) is 4.68 Å². The number of anilines is 1. The van der Waals surface area contributed by atoms with E-state index in [1.165, 1.54) is 43.4 Å². The van der Waals surface area contributed by atoms with Crippen LogP contribution in [0.2, 0.25) is 10.0 Å². The zero-order valence-corrected chi connectivity index (χ0v) is 15.1. The lowest BCUT2D eigenvalue weighted by Gasteiger charge is -2.15. The zero-order chi connectivity index (χ0) is 19.7. The number of aromatic nitrogens is 4. The van der Waals surface area contributed by atoms with Crippen LogP contribution in [0.3, 0.4) is 0 Å². The van der Waals surface area contributed by atoms with Gasteiger partial charge in [-0.3, -0.25) is 15.0 Å². The second-order valence-electron chi connectivity index (χ2n) is 5.27. The monoisotopic (exact) mass is 408 g/mol. The van der Waals surface area contributed by atoms with Crippen LogP contribution in [0.4, 0.5) is 16.2 Å². The lowest BCUT2D eigenvalue weighted by molar-refractivity contribution is -0.384. The molecule has 12 heteroatoms. The van der Waals surface area contributed by atoms with E-state index in [4.69, 9.17) is 23.2 Å². The number of non-ortho nitro benzene ring substituents is 1. The summed E-state index contributed by atoms with van der Waals surface area (Å²) in [6.07, 6.45) is 0. The number of carbonyl (C=O) groups excluding carboxylic acids is 1. The Hall–Kier alpha value is -3.24. The molecule has 0 bridgehead atoms. The summed E-state index contributed by atoms with van der Waals surface area (Å²) < 4.78 is 1.29. The van der Waals surface area contributed by atoms with Crippen molar-refractivity contribution in [3.05, 3.63) is 73.1 Å². The quantitative estimate of drug-likeness (QED) is 0.373. The second kappa shape index (κ2) is 7.17. The summed E-state index contributed by atoms with van der Waals surface area (Å²) in [4.78, 5) is 36.5. The zero-order valence-electron chi connectivity index (χ0n) is 13.6. The molecule has 0 spiro atoms. The summed E-state index contributed by atoms with van der Waals surface area (Å²) in [5.41, 5.74) is -0.812. The van der Waals surface area contributed by atoms with Gasteiger partial charge in [-0.15, -0.1) is 4.68 Å². The third kappa shape index (κ3) is 3.39. The molecule has 27 heavy (non-hydrogen) atoms. The lowest BCUT2D eigenvalue weighted by atomic mass is 10.2. The van der Waals surface area contributed by atoms with Crippen LogP contribution in [0.25, 0.3) is 5.69 Å². The smallest absolute Gasteiger partial charge is 0.295 e. The Bertz CT molecular complexity index is 1090. The van der Waals surface area contributed by atoms with Crippen LogP contribution in [0.1, 0.15) is 0 Å². The predicted octanol–water partition coefficient (Wildman–Crippen LogP) is 2.75. The summed E-state index contributed by atoms with van der Waals surface area (Å²) in [5, 5.41) is 18.4. The van der Waals surface area contributed by atoms with Crippen LogP contribution >= 0.6 is 23.2 Å². The molecule has 0 saturated carbocycles. The number of hydrogen-bond donors (Lipinski definition) is 0.